The van der Waals surface area contributed by atoms with Crippen LogP contribution in [0.25, 0.3) is 0 Å². The fourth-order valence-electron chi connectivity index (χ4n) is 3.77. The lowest BCUT2D eigenvalue weighted by molar-refractivity contribution is -0.124. The Bertz CT molecular complexity index is 1350. The molecular formula is C25H29N5O6S. The summed E-state index contributed by atoms with van der Waals surface area (Å²) in [7, 11) is 0. The van der Waals surface area contributed by atoms with Crippen LogP contribution in [0, 0.1) is 6.92 Å². The van der Waals surface area contributed by atoms with E-state index in [1.807, 2.05) is 20.8 Å². The number of amides is 3. The summed E-state index contributed by atoms with van der Waals surface area (Å²) < 4.78 is 21.2. The fourth-order valence-corrected chi connectivity index (χ4v) is 4.51. The Morgan fingerprint density at radius 3 is 2.46 bits per heavy atom. The summed E-state index contributed by atoms with van der Waals surface area (Å²) in [6.45, 7) is 8.17. The minimum absolute atomic E-state index is 0.0421. The third kappa shape index (κ3) is 5.24. The smallest absolute Gasteiger partial charge is 0.273 e. The number of aryl methyl sites for hydroxylation is 1. The second-order valence-corrected chi connectivity index (χ2v) is 9.99. The molecule has 196 valence electrons. The molecule has 12 heteroatoms. The molecule has 1 unspecified atom stereocenters. The van der Waals surface area contributed by atoms with E-state index in [0.29, 0.717) is 42.6 Å². The number of nitrogens with zero attached hydrogens (tertiary/aromatic N) is 2. The third-order valence-corrected chi connectivity index (χ3v) is 6.91. The lowest BCUT2D eigenvalue weighted by Gasteiger charge is -2.33. The molecule has 4 rings (SSSR count). The van der Waals surface area contributed by atoms with Gasteiger partial charge in [0.25, 0.3) is 17.7 Å². The number of carbonyl (C=O) groups is 3. The van der Waals surface area contributed by atoms with Gasteiger partial charge in [-0.3, -0.25) is 19.3 Å². The summed E-state index contributed by atoms with van der Waals surface area (Å²) in [5, 5.41) is 3.00. The van der Waals surface area contributed by atoms with Crippen LogP contribution < -0.4 is 31.2 Å². The summed E-state index contributed by atoms with van der Waals surface area (Å²) in [6.07, 6.45) is 0.643. The first kappa shape index (κ1) is 26.0. The van der Waals surface area contributed by atoms with Crippen LogP contribution in [-0.2, 0) is 4.79 Å². The molecule has 3 aromatic rings. The number of anilines is 2. The van der Waals surface area contributed by atoms with E-state index in [1.54, 1.807) is 37.3 Å². The second-order valence-electron chi connectivity index (χ2n) is 9.22. The van der Waals surface area contributed by atoms with E-state index in [1.165, 1.54) is 4.90 Å². The molecule has 0 aliphatic carbocycles. The Morgan fingerprint density at radius 1 is 1.16 bits per heavy atom. The number of fused-ring (bicyclic) bond motifs is 1. The fraction of sp³-hybridized carbons (Fsp3) is 0.360. The van der Waals surface area contributed by atoms with E-state index in [-0.39, 0.29) is 22.0 Å². The number of hydrogen-bond donors (Lipinski definition) is 3. The van der Waals surface area contributed by atoms with Crippen LogP contribution in [0.5, 0.6) is 11.5 Å². The van der Waals surface area contributed by atoms with Gasteiger partial charge in [-0.15, -0.1) is 0 Å². The van der Waals surface area contributed by atoms with Crippen LogP contribution in [0.1, 0.15) is 64.9 Å². The SMILES string of the molecule is CCC(C)(C)NC(=O)C(c1ccc(C)o1)N(C(=O)c1snc(C(N)=O)c1N)c1ccc2c(c1)OCCO2. The molecule has 0 bridgehead atoms. The molecule has 0 saturated carbocycles. The third-order valence-electron chi connectivity index (χ3n) is 6.06. The van der Waals surface area contributed by atoms with Gasteiger partial charge in [-0.25, -0.2) is 0 Å². The molecule has 37 heavy (non-hydrogen) atoms. The number of nitrogens with one attached hydrogen (secondary N) is 1. The predicted octanol–water partition coefficient (Wildman–Crippen LogP) is 3.19. The summed E-state index contributed by atoms with van der Waals surface area (Å²) >= 11 is 0.726. The van der Waals surface area contributed by atoms with Gasteiger partial charge >= 0.3 is 0 Å². The molecule has 0 radical (unpaired) electrons. The maximum absolute atomic E-state index is 14.1. The zero-order valence-corrected chi connectivity index (χ0v) is 21.8. The number of hydrogen-bond acceptors (Lipinski definition) is 9. The monoisotopic (exact) mass is 527 g/mol. The van der Waals surface area contributed by atoms with E-state index in [9.17, 15) is 14.4 Å². The highest BCUT2D eigenvalue weighted by Gasteiger charge is 2.39. The molecule has 5 N–H and O–H groups in total. The number of benzene rings is 1. The lowest BCUT2D eigenvalue weighted by Crippen LogP contribution is -2.50. The van der Waals surface area contributed by atoms with Gasteiger partial charge in [0.1, 0.15) is 29.6 Å². The lowest BCUT2D eigenvalue weighted by atomic mass is 10.0. The molecule has 3 amide bonds. The predicted molar refractivity (Wildman–Crippen MR) is 138 cm³/mol. The minimum Gasteiger partial charge on any atom is -0.486 e. The molecule has 0 fully saturated rings. The zero-order chi connectivity index (χ0) is 26.9. The first-order valence-electron chi connectivity index (χ1n) is 11.7. The number of carbonyl (C=O) groups excluding carboxylic acids is 3. The highest BCUT2D eigenvalue weighted by Crippen LogP contribution is 2.39. The van der Waals surface area contributed by atoms with Crippen molar-refractivity contribution >= 4 is 40.6 Å². The van der Waals surface area contributed by atoms with E-state index in [2.05, 4.69) is 9.69 Å². The molecule has 1 aliphatic rings. The number of primary amides is 1. The topological polar surface area (TPSA) is 163 Å². The van der Waals surface area contributed by atoms with Crippen LogP contribution in [0.3, 0.4) is 0 Å². The van der Waals surface area contributed by atoms with Crippen LogP contribution in [0.15, 0.2) is 34.7 Å². The number of nitrogen functional groups attached to an aromatic ring is 1. The Morgan fingerprint density at radius 2 is 1.86 bits per heavy atom. The summed E-state index contributed by atoms with van der Waals surface area (Å²) in [6, 6.07) is 7.03. The first-order chi connectivity index (χ1) is 17.5. The molecule has 0 spiro atoms. The van der Waals surface area contributed by atoms with Crippen molar-refractivity contribution in [3.63, 3.8) is 0 Å². The largest absolute Gasteiger partial charge is 0.486 e. The van der Waals surface area contributed by atoms with E-state index in [4.69, 9.17) is 25.4 Å². The van der Waals surface area contributed by atoms with Gasteiger partial charge in [0.05, 0.1) is 5.69 Å². The molecule has 2 aromatic heterocycles. The van der Waals surface area contributed by atoms with E-state index < -0.39 is 29.3 Å². The highest BCUT2D eigenvalue weighted by atomic mass is 32.1. The summed E-state index contributed by atoms with van der Waals surface area (Å²) in [4.78, 5) is 40.9. The van der Waals surface area contributed by atoms with Gasteiger partial charge in [-0.1, -0.05) is 6.92 Å². The van der Waals surface area contributed by atoms with Crippen molar-refractivity contribution in [1.29, 1.82) is 0 Å². The van der Waals surface area contributed by atoms with Crippen molar-refractivity contribution in [2.45, 2.75) is 45.7 Å². The standard InChI is InChI=1S/C25H29N5O6S/c1-5-25(3,4)28-23(32)20(16-8-6-13(2)36-16)30(14-7-9-15-17(12-14)35-11-10-34-15)24(33)21-18(26)19(22(27)31)29-37-21/h6-9,12,20H,5,10-11,26H2,1-4H3,(H2,27,31)(H,28,32). The molecule has 0 saturated heterocycles. The van der Waals surface area contributed by atoms with E-state index >= 15 is 0 Å². The van der Waals surface area contributed by atoms with Gasteiger partial charge in [0, 0.05) is 17.3 Å². The summed E-state index contributed by atoms with van der Waals surface area (Å²) in [5.41, 5.74) is 10.9. The molecule has 1 aromatic carbocycles. The van der Waals surface area contributed by atoms with Crippen molar-refractivity contribution in [2.75, 3.05) is 23.8 Å². The van der Waals surface area contributed by atoms with Crippen LogP contribution in [-0.4, -0.2) is 40.8 Å². The average molecular weight is 528 g/mol. The average Bonchev–Trinajstić information content (AvgIpc) is 3.46. The molecule has 1 aliphatic heterocycles. The van der Waals surface area contributed by atoms with Crippen molar-refractivity contribution in [3.8, 4) is 11.5 Å². The first-order valence-corrected chi connectivity index (χ1v) is 12.5. The van der Waals surface area contributed by atoms with Gasteiger partial charge < -0.3 is 30.7 Å². The Hall–Kier alpha value is -4.06. The number of aromatic nitrogens is 1. The Kier molecular flexibility index (Phi) is 7.12. The van der Waals surface area contributed by atoms with Crippen LogP contribution >= 0.6 is 11.5 Å². The summed E-state index contributed by atoms with van der Waals surface area (Å²) in [5.74, 6) is -0.267. The van der Waals surface area contributed by atoms with Gasteiger partial charge in [-0.2, -0.15) is 4.37 Å². The quantitative estimate of drug-likeness (QED) is 0.402. The van der Waals surface area contributed by atoms with Crippen molar-refractivity contribution in [3.05, 3.63) is 52.4 Å². The number of furan rings is 1. The van der Waals surface area contributed by atoms with Gasteiger partial charge in [0.15, 0.2) is 23.2 Å². The van der Waals surface area contributed by atoms with Crippen LogP contribution in [0.2, 0.25) is 0 Å². The Labute approximate surface area is 217 Å². The number of rotatable bonds is 8. The van der Waals surface area contributed by atoms with Gasteiger partial charge in [-0.05, 0) is 63.0 Å². The zero-order valence-electron chi connectivity index (χ0n) is 21.0. The number of nitrogens with two attached hydrogens (primary N) is 2. The highest BCUT2D eigenvalue weighted by molar-refractivity contribution is 7.09. The maximum atomic E-state index is 14.1. The maximum Gasteiger partial charge on any atom is 0.273 e. The second kappa shape index (κ2) is 10.1. The Balaban J connectivity index is 1.90. The molecule has 11 nitrogen and oxygen atoms in total. The van der Waals surface area contributed by atoms with Crippen molar-refractivity contribution in [1.82, 2.24) is 9.69 Å². The number of ether oxygens (including phenoxy) is 2. The van der Waals surface area contributed by atoms with Crippen molar-refractivity contribution < 1.29 is 28.3 Å². The minimum atomic E-state index is -1.23. The van der Waals surface area contributed by atoms with Crippen molar-refractivity contribution in [2.24, 2.45) is 5.73 Å². The van der Waals surface area contributed by atoms with Gasteiger partial charge in [0.2, 0.25) is 0 Å². The normalized spacial score (nSPS) is 13.6. The molecular weight excluding hydrogens is 498 g/mol. The molecule has 3 heterocycles. The van der Waals surface area contributed by atoms with E-state index in [0.717, 1.165) is 11.5 Å². The van der Waals surface area contributed by atoms with Crippen LogP contribution in [0.4, 0.5) is 11.4 Å². The molecule has 1 atom stereocenters.